The lowest BCUT2D eigenvalue weighted by molar-refractivity contribution is -0.137. The van der Waals surface area contributed by atoms with E-state index >= 15 is 0 Å². The van der Waals surface area contributed by atoms with E-state index in [9.17, 15) is 14.4 Å². The third kappa shape index (κ3) is 6.16. The highest BCUT2D eigenvalue weighted by Gasteiger charge is 2.22. The molecular weight excluding hydrogens is 376 g/mol. The van der Waals surface area contributed by atoms with E-state index in [4.69, 9.17) is 16.7 Å². The fourth-order valence-electron chi connectivity index (χ4n) is 2.52. The maximum absolute atomic E-state index is 12.5. The molecule has 1 aromatic heterocycles. The second-order valence-electron chi connectivity index (χ2n) is 5.74. The Morgan fingerprint density at radius 3 is 2.31 bits per heavy atom. The molecule has 0 aliphatic carbocycles. The summed E-state index contributed by atoms with van der Waals surface area (Å²) in [6.07, 6.45) is -0.235. The van der Waals surface area contributed by atoms with Crippen molar-refractivity contribution < 1.29 is 19.5 Å². The molecule has 0 radical (unpaired) electrons. The minimum atomic E-state index is -1.03. The van der Waals surface area contributed by atoms with Gasteiger partial charge in [-0.05, 0) is 29.1 Å². The average molecular weight is 395 g/mol. The third-order valence-corrected chi connectivity index (χ3v) is 4.88. The number of hydrogen-bond donors (Lipinski definition) is 3. The average Bonchev–Trinajstić information content (AvgIpc) is 3.08. The molecular formula is C18H19ClN2O4S. The summed E-state index contributed by atoms with van der Waals surface area (Å²) in [6, 6.07) is 9.19. The Morgan fingerprint density at radius 1 is 1.08 bits per heavy atom. The molecule has 3 N–H and O–H groups in total. The summed E-state index contributed by atoms with van der Waals surface area (Å²) in [6.45, 7) is 1.39. The predicted octanol–water partition coefficient (Wildman–Crippen LogP) is 3.30. The van der Waals surface area contributed by atoms with Crippen LogP contribution in [-0.4, -0.2) is 22.9 Å². The lowest BCUT2D eigenvalue weighted by Gasteiger charge is -2.21. The number of rotatable bonds is 8. The first-order valence-electron chi connectivity index (χ1n) is 7.92. The molecule has 138 valence electrons. The predicted molar refractivity (Wildman–Crippen MR) is 100 cm³/mol. The smallest absolute Gasteiger partial charge is 0.305 e. The first-order chi connectivity index (χ1) is 12.3. The molecule has 1 unspecified atom stereocenters. The van der Waals surface area contributed by atoms with E-state index in [1.54, 1.807) is 24.3 Å². The van der Waals surface area contributed by atoms with Gasteiger partial charge < -0.3 is 15.7 Å². The summed E-state index contributed by atoms with van der Waals surface area (Å²) in [5.41, 5.74) is 0.650. The molecule has 2 atom stereocenters. The molecule has 8 heteroatoms. The molecule has 26 heavy (non-hydrogen) atoms. The van der Waals surface area contributed by atoms with Gasteiger partial charge in [0.2, 0.25) is 11.8 Å². The van der Waals surface area contributed by atoms with E-state index in [0.29, 0.717) is 10.6 Å². The van der Waals surface area contributed by atoms with Crippen LogP contribution in [0, 0.1) is 0 Å². The van der Waals surface area contributed by atoms with Crippen molar-refractivity contribution in [1.29, 1.82) is 0 Å². The summed E-state index contributed by atoms with van der Waals surface area (Å²) in [7, 11) is 0. The molecule has 0 aliphatic heterocycles. The first-order valence-corrected chi connectivity index (χ1v) is 9.18. The van der Waals surface area contributed by atoms with E-state index in [1.807, 2.05) is 17.5 Å². The SMILES string of the molecule is CC(=O)NC(CC(=O)N[C@@H](CC(=O)O)c1ccc(Cl)cc1)c1cccs1. The van der Waals surface area contributed by atoms with E-state index < -0.39 is 18.1 Å². The second-order valence-corrected chi connectivity index (χ2v) is 7.16. The molecule has 0 saturated carbocycles. The number of carboxylic acid groups (broad SMARTS) is 1. The standard InChI is InChI=1S/C18H19ClN2O4S/c1-11(22)20-15(16-3-2-8-26-16)9-17(23)21-14(10-18(24)25)12-4-6-13(19)7-5-12/h2-8,14-15H,9-10H2,1H3,(H,20,22)(H,21,23)(H,24,25)/t14-,15?/m0/s1. The van der Waals surface area contributed by atoms with Crippen molar-refractivity contribution in [3.8, 4) is 0 Å². The molecule has 0 bridgehead atoms. The number of amides is 2. The Morgan fingerprint density at radius 2 is 1.77 bits per heavy atom. The molecule has 1 heterocycles. The van der Waals surface area contributed by atoms with E-state index in [1.165, 1.54) is 18.3 Å². The minimum absolute atomic E-state index is 0.0177. The Hall–Kier alpha value is -2.38. The molecule has 2 aromatic rings. The quantitative estimate of drug-likeness (QED) is 0.640. The van der Waals surface area contributed by atoms with Gasteiger partial charge in [-0.1, -0.05) is 29.8 Å². The van der Waals surface area contributed by atoms with E-state index in [2.05, 4.69) is 10.6 Å². The highest BCUT2D eigenvalue weighted by atomic mass is 35.5. The lowest BCUT2D eigenvalue weighted by Crippen LogP contribution is -2.35. The number of halogens is 1. The van der Waals surface area contributed by atoms with Gasteiger partial charge in [-0.25, -0.2) is 0 Å². The first kappa shape index (κ1) is 19.9. The maximum atomic E-state index is 12.5. The summed E-state index contributed by atoms with van der Waals surface area (Å²) >= 11 is 7.30. The van der Waals surface area contributed by atoms with Gasteiger partial charge in [-0.2, -0.15) is 0 Å². The molecule has 0 spiro atoms. The summed E-state index contributed by atoms with van der Waals surface area (Å²) in [5.74, 6) is -1.61. The highest BCUT2D eigenvalue weighted by molar-refractivity contribution is 7.10. The molecule has 2 rings (SSSR count). The fraction of sp³-hybridized carbons (Fsp3) is 0.278. The Kier molecular flexibility index (Phi) is 7.17. The van der Waals surface area contributed by atoms with Crippen LogP contribution in [0.2, 0.25) is 5.02 Å². The largest absolute Gasteiger partial charge is 0.481 e. The Bertz CT molecular complexity index is 762. The van der Waals surface area contributed by atoms with Gasteiger partial charge in [0.25, 0.3) is 0 Å². The van der Waals surface area contributed by atoms with Crippen LogP contribution < -0.4 is 10.6 Å². The van der Waals surface area contributed by atoms with Gasteiger partial charge in [0.05, 0.1) is 24.9 Å². The van der Waals surface area contributed by atoms with Crippen LogP contribution in [-0.2, 0) is 14.4 Å². The van der Waals surface area contributed by atoms with Crippen molar-refractivity contribution in [2.45, 2.75) is 31.8 Å². The van der Waals surface area contributed by atoms with Crippen LogP contribution in [0.25, 0.3) is 0 Å². The van der Waals surface area contributed by atoms with Gasteiger partial charge in [0, 0.05) is 16.8 Å². The zero-order valence-corrected chi connectivity index (χ0v) is 15.6. The lowest BCUT2D eigenvalue weighted by atomic mass is 10.0. The highest BCUT2D eigenvalue weighted by Crippen LogP contribution is 2.24. The number of thiophene rings is 1. The van der Waals surface area contributed by atoms with Gasteiger partial charge in [0.15, 0.2) is 0 Å². The molecule has 6 nitrogen and oxygen atoms in total. The number of carbonyl (C=O) groups is 3. The minimum Gasteiger partial charge on any atom is -0.481 e. The normalized spacial score (nSPS) is 12.8. The zero-order valence-electron chi connectivity index (χ0n) is 14.1. The van der Waals surface area contributed by atoms with Crippen molar-refractivity contribution in [3.63, 3.8) is 0 Å². The Labute approximate surface area is 160 Å². The van der Waals surface area contributed by atoms with E-state index in [-0.39, 0.29) is 24.7 Å². The van der Waals surface area contributed by atoms with Crippen molar-refractivity contribution in [2.24, 2.45) is 0 Å². The number of carbonyl (C=O) groups excluding carboxylic acids is 2. The number of aliphatic carboxylic acids is 1. The Balaban J connectivity index is 2.10. The van der Waals surface area contributed by atoms with E-state index in [0.717, 1.165) is 4.88 Å². The van der Waals surface area contributed by atoms with Gasteiger partial charge in [-0.15, -0.1) is 11.3 Å². The van der Waals surface area contributed by atoms with Crippen molar-refractivity contribution >= 4 is 40.7 Å². The summed E-state index contributed by atoms with van der Waals surface area (Å²) in [4.78, 5) is 35.9. The van der Waals surface area contributed by atoms with Crippen molar-refractivity contribution in [2.75, 3.05) is 0 Å². The van der Waals surface area contributed by atoms with Crippen molar-refractivity contribution in [1.82, 2.24) is 10.6 Å². The maximum Gasteiger partial charge on any atom is 0.305 e. The zero-order chi connectivity index (χ0) is 19.1. The number of hydrogen-bond acceptors (Lipinski definition) is 4. The van der Waals surface area contributed by atoms with Crippen LogP contribution >= 0.6 is 22.9 Å². The topological polar surface area (TPSA) is 95.5 Å². The van der Waals surface area contributed by atoms with Gasteiger partial charge in [-0.3, -0.25) is 14.4 Å². The fourth-order valence-corrected chi connectivity index (χ4v) is 3.42. The molecule has 1 aromatic carbocycles. The van der Waals surface area contributed by atoms with Crippen molar-refractivity contribution in [3.05, 3.63) is 57.2 Å². The molecule has 0 saturated heterocycles. The van der Waals surface area contributed by atoms with Gasteiger partial charge >= 0.3 is 5.97 Å². The van der Waals surface area contributed by atoms with Crippen LogP contribution in [0.3, 0.4) is 0 Å². The van der Waals surface area contributed by atoms with Crippen LogP contribution in [0.15, 0.2) is 41.8 Å². The van der Waals surface area contributed by atoms with Crippen LogP contribution in [0.5, 0.6) is 0 Å². The third-order valence-electron chi connectivity index (χ3n) is 3.64. The van der Waals surface area contributed by atoms with Gasteiger partial charge in [0.1, 0.15) is 0 Å². The number of carboxylic acids is 1. The molecule has 0 aliphatic rings. The summed E-state index contributed by atoms with van der Waals surface area (Å²) in [5, 5.41) is 17.0. The number of nitrogens with one attached hydrogen (secondary N) is 2. The number of benzene rings is 1. The van der Waals surface area contributed by atoms with Crippen LogP contribution in [0.1, 0.15) is 42.3 Å². The van der Waals surface area contributed by atoms with Crippen LogP contribution in [0.4, 0.5) is 0 Å². The second kappa shape index (κ2) is 9.35. The summed E-state index contributed by atoms with van der Waals surface area (Å²) < 4.78 is 0. The molecule has 0 fully saturated rings. The molecule has 2 amide bonds. The monoisotopic (exact) mass is 394 g/mol.